The number of benzene rings is 1. The first kappa shape index (κ1) is 17.7. The van der Waals surface area contributed by atoms with Crippen molar-refractivity contribution in [2.75, 3.05) is 18.1 Å². The van der Waals surface area contributed by atoms with Crippen molar-refractivity contribution in [3.63, 3.8) is 0 Å². The molecule has 25 heavy (non-hydrogen) atoms. The smallest absolute Gasteiger partial charge is 0.0446 e. The summed E-state index contributed by atoms with van der Waals surface area (Å²) < 4.78 is 0. The molecule has 1 nitrogen and oxygen atoms in total. The second kappa shape index (κ2) is 5.89. The van der Waals surface area contributed by atoms with Crippen molar-refractivity contribution >= 4 is 17.3 Å². The SMILES string of the molecule is CC1(N2CC(C)(C)C2(C)C)C=C(c2ccccc2)C1C1CCSCC1. The van der Waals surface area contributed by atoms with E-state index in [2.05, 4.69) is 87.7 Å². The molecule has 4 rings (SSSR count). The molecule has 0 N–H and O–H groups in total. The van der Waals surface area contributed by atoms with Crippen molar-refractivity contribution in [2.45, 2.75) is 58.5 Å². The Morgan fingerprint density at radius 2 is 1.60 bits per heavy atom. The maximum atomic E-state index is 2.80. The molecule has 136 valence electrons. The topological polar surface area (TPSA) is 3.24 Å². The zero-order valence-corrected chi connectivity index (χ0v) is 17.3. The van der Waals surface area contributed by atoms with E-state index in [0.717, 1.165) is 5.92 Å². The number of hydrogen-bond acceptors (Lipinski definition) is 2. The second-order valence-corrected chi connectivity index (χ2v) is 10.9. The first-order valence-corrected chi connectivity index (χ1v) is 11.1. The molecule has 0 spiro atoms. The van der Waals surface area contributed by atoms with Crippen LogP contribution in [-0.2, 0) is 0 Å². The molecule has 0 radical (unpaired) electrons. The van der Waals surface area contributed by atoms with E-state index in [1.807, 2.05) is 0 Å². The van der Waals surface area contributed by atoms with Crippen molar-refractivity contribution in [1.29, 1.82) is 0 Å². The van der Waals surface area contributed by atoms with Gasteiger partial charge >= 0.3 is 0 Å². The van der Waals surface area contributed by atoms with Gasteiger partial charge in [0.05, 0.1) is 0 Å². The summed E-state index contributed by atoms with van der Waals surface area (Å²) in [6.45, 7) is 13.5. The predicted octanol–water partition coefficient (Wildman–Crippen LogP) is 5.72. The Bertz CT molecular complexity index is 669. The largest absolute Gasteiger partial charge is 0.288 e. The molecule has 2 saturated heterocycles. The van der Waals surface area contributed by atoms with E-state index in [9.17, 15) is 0 Å². The summed E-state index contributed by atoms with van der Waals surface area (Å²) in [4.78, 5) is 2.80. The molecule has 0 aromatic heterocycles. The van der Waals surface area contributed by atoms with Crippen LogP contribution < -0.4 is 0 Å². The molecule has 2 heterocycles. The van der Waals surface area contributed by atoms with Crippen LogP contribution in [-0.4, -0.2) is 34.0 Å². The average molecular weight is 356 g/mol. The maximum Gasteiger partial charge on any atom is 0.0446 e. The molecular formula is C23H33NS. The highest BCUT2D eigenvalue weighted by molar-refractivity contribution is 7.99. The summed E-state index contributed by atoms with van der Waals surface area (Å²) in [7, 11) is 0. The minimum absolute atomic E-state index is 0.219. The quantitative estimate of drug-likeness (QED) is 0.682. The number of nitrogens with zero attached hydrogens (tertiary/aromatic N) is 1. The van der Waals surface area contributed by atoms with Gasteiger partial charge in [-0.1, -0.05) is 50.3 Å². The fraction of sp³-hybridized carbons (Fsp3) is 0.652. The standard InChI is InChI=1S/C23H33NS/c1-21(2)16-24(22(21,3)4)23(5)15-19(17-9-7-6-8-10-17)20(23)18-11-13-25-14-12-18/h6-10,15,18,20H,11-14,16H2,1-5H3. The van der Waals surface area contributed by atoms with E-state index in [-0.39, 0.29) is 11.1 Å². The average Bonchev–Trinajstić information content (AvgIpc) is 2.59. The highest BCUT2D eigenvalue weighted by Gasteiger charge is 2.63. The molecular weight excluding hydrogens is 322 g/mol. The third-order valence-electron chi connectivity index (χ3n) is 7.72. The van der Waals surface area contributed by atoms with Crippen LogP contribution in [0.2, 0.25) is 0 Å². The van der Waals surface area contributed by atoms with Gasteiger partial charge < -0.3 is 0 Å². The van der Waals surface area contributed by atoms with Gasteiger partial charge in [-0.3, -0.25) is 4.90 Å². The normalized spacial score (nSPS) is 34.8. The van der Waals surface area contributed by atoms with Gasteiger partial charge in [-0.05, 0) is 67.6 Å². The van der Waals surface area contributed by atoms with Gasteiger partial charge in [-0.25, -0.2) is 0 Å². The lowest BCUT2D eigenvalue weighted by Crippen LogP contribution is -2.78. The van der Waals surface area contributed by atoms with Crippen LogP contribution in [0.3, 0.4) is 0 Å². The molecule has 3 aliphatic rings. The molecule has 0 bridgehead atoms. The van der Waals surface area contributed by atoms with E-state index < -0.39 is 0 Å². The van der Waals surface area contributed by atoms with Gasteiger partial charge in [0, 0.05) is 23.5 Å². The lowest BCUT2D eigenvalue weighted by atomic mass is 9.54. The van der Waals surface area contributed by atoms with Crippen LogP contribution in [0.1, 0.15) is 53.0 Å². The third kappa shape index (κ3) is 2.55. The third-order valence-corrected chi connectivity index (χ3v) is 8.77. The van der Waals surface area contributed by atoms with Crippen LogP contribution in [0.5, 0.6) is 0 Å². The number of likely N-dealkylation sites (tertiary alicyclic amines) is 1. The Labute approximate surface area is 158 Å². The molecule has 2 fully saturated rings. The van der Waals surface area contributed by atoms with Crippen molar-refractivity contribution < 1.29 is 0 Å². The van der Waals surface area contributed by atoms with Gasteiger partial charge in [0.1, 0.15) is 0 Å². The number of thioether (sulfide) groups is 1. The zero-order chi connectivity index (χ0) is 17.9. The highest BCUT2D eigenvalue weighted by Crippen LogP contribution is 2.60. The maximum absolute atomic E-state index is 2.80. The summed E-state index contributed by atoms with van der Waals surface area (Å²) >= 11 is 2.14. The van der Waals surface area contributed by atoms with E-state index in [1.165, 1.54) is 36.5 Å². The van der Waals surface area contributed by atoms with Gasteiger partial charge in [-0.15, -0.1) is 0 Å². The predicted molar refractivity (Wildman–Crippen MR) is 111 cm³/mol. The minimum atomic E-state index is 0.219. The van der Waals surface area contributed by atoms with Gasteiger partial charge in [-0.2, -0.15) is 11.8 Å². The summed E-state index contributed by atoms with van der Waals surface area (Å²) in [6, 6.07) is 11.1. The molecule has 0 saturated carbocycles. The molecule has 0 amide bonds. The van der Waals surface area contributed by atoms with E-state index in [0.29, 0.717) is 11.3 Å². The summed E-state index contributed by atoms with van der Waals surface area (Å²) in [5.74, 6) is 4.21. The first-order valence-electron chi connectivity index (χ1n) is 9.91. The Morgan fingerprint density at radius 1 is 0.960 bits per heavy atom. The van der Waals surface area contributed by atoms with Crippen molar-refractivity contribution in [3.05, 3.63) is 42.0 Å². The summed E-state index contributed by atoms with van der Waals surface area (Å²) in [5.41, 5.74) is 3.94. The Hall–Kier alpha value is -0.730. The molecule has 2 heteroatoms. The van der Waals surface area contributed by atoms with Gasteiger partial charge in [0.2, 0.25) is 0 Å². The van der Waals surface area contributed by atoms with Crippen LogP contribution in [0, 0.1) is 17.3 Å². The molecule has 2 aliphatic heterocycles. The Kier molecular flexibility index (Phi) is 4.16. The number of hydrogen-bond donors (Lipinski definition) is 0. The van der Waals surface area contributed by atoms with Crippen LogP contribution in [0.15, 0.2) is 36.4 Å². The Balaban J connectivity index is 1.70. The van der Waals surface area contributed by atoms with Crippen molar-refractivity contribution in [3.8, 4) is 0 Å². The van der Waals surface area contributed by atoms with E-state index >= 15 is 0 Å². The fourth-order valence-electron chi connectivity index (χ4n) is 5.47. The van der Waals surface area contributed by atoms with Crippen molar-refractivity contribution in [1.82, 2.24) is 4.90 Å². The Morgan fingerprint density at radius 3 is 2.16 bits per heavy atom. The second-order valence-electron chi connectivity index (χ2n) is 9.65. The van der Waals surface area contributed by atoms with Crippen LogP contribution >= 0.6 is 11.8 Å². The number of rotatable bonds is 3. The summed E-state index contributed by atoms with van der Waals surface area (Å²) in [5, 5.41) is 0. The first-order chi connectivity index (χ1) is 11.8. The lowest BCUT2D eigenvalue weighted by molar-refractivity contribution is -0.177. The monoisotopic (exact) mass is 355 g/mol. The molecule has 1 aromatic carbocycles. The molecule has 1 aliphatic carbocycles. The van der Waals surface area contributed by atoms with E-state index in [1.54, 1.807) is 5.57 Å². The van der Waals surface area contributed by atoms with E-state index in [4.69, 9.17) is 0 Å². The molecule has 2 unspecified atom stereocenters. The minimum Gasteiger partial charge on any atom is -0.288 e. The lowest BCUT2D eigenvalue weighted by Gasteiger charge is -2.71. The van der Waals surface area contributed by atoms with Gasteiger partial charge in [0.25, 0.3) is 0 Å². The summed E-state index contributed by atoms with van der Waals surface area (Å²) in [6.07, 6.45) is 5.37. The van der Waals surface area contributed by atoms with Crippen LogP contribution in [0.25, 0.3) is 5.57 Å². The van der Waals surface area contributed by atoms with Gasteiger partial charge in [0.15, 0.2) is 0 Å². The zero-order valence-electron chi connectivity index (χ0n) is 16.5. The highest BCUT2D eigenvalue weighted by atomic mass is 32.2. The fourth-order valence-corrected chi connectivity index (χ4v) is 6.61. The molecule has 2 atom stereocenters. The molecule has 1 aromatic rings. The van der Waals surface area contributed by atoms with Crippen LogP contribution in [0.4, 0.5) is 0 Å². The van der Waals surface area contributed by atoms with Crippen molar-refractivity contribution in [2.24, 2.45) is 17.3 Å².